The van der Waals surface area contributed by atoms with Gasteiger partial charge in [0.25, 0.3) is 0 Å². The molecule has 1 aliphatic heterocycles. The Morgan fingerprint density at radius 2 is 2.22 bits per heavy atom. The quantitative estimate of drug-likeness (QED) is 0.799. The van der Waals surface area contributed by atoms with Crippen molar-refractivity contribution >= 4 is 33.0 Å². The maximum absolute atomic E-state index is 12.6. The number of thiophene rings is 1. The largest absolute Gasteiger partial charge is 0.244 e. The van der Waals surface area contributed by atoms with E-state index in [1.54, 1.807) is 15.8 Å². The van der Waals surface area contributed by atoms with Gasteiger partial charge in [-0.25, -0.2) is 8.42 Å². The molecule has 102 valence electrons. The number of hydrogen-bond acceptors (Lipinski definition) is 3. The predicted molar refractivity (Wildman–Crippen MR) is 75.7 cm³/mol. The van der Waals surface area contributed by atoms with Crippen LogP contribution in [0.2, 0.25) is 0 Å². The summed E-state index contributed by atoms with van der Waals surface area (Å²) in [4.78, 5) is 1.30. The van der Waals surface area contributed by atoms with E-state index < -0.39 is 10.0 Å². The van der Waals surface area contributed by atoms with Gasteiger partial charge in [-0.15, -0.1) is 22.9 Å². The summed E-state index contributed by atoms with van der Waals surface area (Å²) in [6, 6.07) is 1.94. The lowest BCUT2D eigenvalue weighted by molar-refractivity contribution is 0.329. The van der Waals surface area contributed by atoms with E-state index in [1.165, 1.54) is 11.3 Å². The minimum absolute atomic E-state index is 0.0966. The van der Waals surface area contributed by atoms with Gasteiger partial charge in [-0.1, -0.05) is 6.92 Å². The van der Waals surface area contributed by atoms with Crippen molar-refractivity contribution in [2.75, 3.05) is 0 Å². The molecule has 0 N–H and O–H groups in total. The maximum atomic E-state index is 12.6. The molecule has 0 spiro atoms. The summed E-state index contributed by atoms with van der Waals surface area (Å²) >= 11 is 7.14. The van der Waals surface area contributed by atoms with Gasteiger partial charge >= 0.3 is 0 Å². The van der Waals surface area contributed by atoms with E-state index in [0.717, 1.165) is 24.1 Å². The van der Waals surface area contributed by atoms with E-state index in [4.69, 9.17) is 11.6 Å². The standard InChI is InChI=1S/C12H18ClNO2S2/c1-3-10-5-4-9(2)14(10)18(15,16)12-6-11(7-13)17-8-12/h6,8-10H,3-5,7H2,1-2H3. The van der Waals surface area contributed by atoms with E-state index in [1.807, 2.05) is 13.8 Å². The Morgan fingerprint density at radius 1 is 1.50 bits per heavy atom. The second-order valence-corrected chi connectivity index (χ2v) is 7.81. The number of hydrogen-bond donors (Lipinski definition) is 0. The first kappa shape index (κ1) is 14.3. The van der Waals surface area contributed by atoms with Gasteiger partial charge in [-0.2, -0.15) is 4.31 Å². The monoisotopic (exact) mass is 307 g/mol. The summed E-state index contributed by atoms with van der Waals surface area (Å²) in [6.45, 7) is 4.03. The number of alkyl halides is 1. The topological polar surface area (TPSA) is 37.4 Å². The van der Waals surface area contributed by atoms with E-state index in [-0.39, 0.29) is 12.1 Å². The lowest BCUT2D eigenvalue weighted by Gasteiger charge is -2.26. The highest BCUT2D eigenvalue weighted by Crippen LogP contribution is 2.33. The van der Waals surface area contributed by atoms with Gasteiger partial charge in [-0.05, 0) is 32.3 Å². The first-order valence-electron chi connectivity index (χ1n) is 6.17. The van der Waals surface area contributed by atoms with Crippen LogP contribution in [0.3, 0.4) is 0 Å². The fourth-order valence-corrected chi connectivity index (χ4v) is 5.88. The molecule has 0 amide bonds. The predicted octanol–water partition coefficient (Wildman–Crippen LogP) is 3.44. The number of nitrogens with zero attached hydrogens (tertiary/aromatic N) is 1. The van der Waals surface area contributed by atoms with Crippen molar-refractivity contribution < 1.29 is 8.42 Å². The Bertz CT molecular complexity index is 512. The third kappa shape index (κ3) is 2.46. The van der Waals surface area contributed by atoms with E-state index >= 15 is 0 Å². The van der Waals surface area contributed by atoms with Gasteiger partial charge in [0.2, 0.25) is 10.0 Å². The molecule has 2 atom stereocenters. The minimum Gasteiger partial charge on any atom is -0.207 e. The normalized spacial score (nSPS) is 25.7. The summed E-state index contributed by atoms with van der Waals surface area (Å²) in [6.07, 6.45) is 2.78. The van der Waals surface area contributed by atoms with Crippen LogP contribution < -0.4 is 0 Å². The molecule has 1 aromatic heterocycles. The van der Waals surface area contributed by atoms with E-state index in [0.29, 0.717) is 10.8 Å². The zero-order valence-electron chi connectivity index (χ0n) is 10.6. The zero-order chi connectivity index (χ0) is 13.3. The smallest absolute Gasteiger partial charge is 0.207 e. The molecule has 0 radical (unpaired) electrons. The van der Waals surface area contributed by atoms with E-state index in [9.17, 15) is 8.42 Å². The molecule has 1 saturated heterocycles. The molecule has 1 aromatic rings. The Hall–Kier alpha value is -0.100. The van der Waals surface area contributed by atoms with Gasteiger partial charge in [0.1, 0.15) is 0 Å². The molecule has 0 saturated carbocycles. The lowest BCUT2D eigenvalue weighted by atomic mass is 10.2. The van der Waals surface area contributed by atoms with Crippen molar-refractivity contribution in [2.45, 2.75) is 56.0 Å². The van der Waals surface area contributed by atoms with Crippen LogP contribution >= 0.6 is 22.9 Å². The Kier molecular flexibility index (Phi) is 4.36. The van der Waals surface area contributed by atoms with Crippen LogP contribution in [0.25, 0.3) is 0 Å². The SMILES string of the molecule is CCC1CCC(C)N1S(=O)(=O)c1csc(CCl)c1. The zero-order valence-corrected chi connectivity index (χ0v) is 13.0. The molecular formula is C12H18ClNO2S2. The molecule has 0 aromatic carbocycles. The highest BCUT2D eigenvalue weighted by Gasteiger charge is 2.39. The van der Waals surface area contributed by atoms with Gasteiger partial charge in [0, 0.05) is 22.3 Å². The minimum atomic E-state index is -3.35. The van der Waals surface area contributed by atoms with Crippen LogP contribution in [-0.4, -0.2) is 24.8 Å². The molecule has 2 heterocycles. The van der Waals surface area contributed by atoms with Crippen LogP contribution in [0.15, 0.2) is 16.3 Å². The number of halogens is 1. The average Bonchev–Trinajstić information content (AvgIpc) is 2.95. The fraction of sp³-hybridized carbons (Fsp3) is 0.667. The molecular weight excluding hydrogens is 290 g/mol. The van der Waals surface area contributed by atoms with Crippen molar-refractivity contribution in [1.82, 2.24) is 4.31 Å². The molecule has 3 nitrogen and oxygen atoms in total. The van der Waals surface area contributed by atoms with Crippen LogP contribution in [0.1, 0.15) is 38.0 Å². The van der Waals surface area contributed by atoms with Gasteiger partial charge in [-0.3, -0.25) is 0 Å². The summed E-state index contributed by atoms with van der Waals surface area (Å²) in [5.41, 5.74) is 0. The van der Waals surface area contributed by atoms with Gasteiger partial charge in [0.05, 0.1) is 10.8 Å². The Morgan fingerprint density at radius 3 is 2.78 bits per heavy atom. The number of rotatable bonds is 4. The Balaban J connectivity index is 2.35. The molecule has 2 unspecified atom stereocenters. The van der Waals surface area contributed by atoms with Crippen molar-refractivity contribution in [1.29, 1.82) is 0 Å². The van der Waals surface area contributed by atoms with Crippen molar-refractivity contribution in [2.24, 2.45) is 0 Å². The molecule has 2 rings (SSSR count). The molecule has 0 bridgehead atoms. The first-order valence-corrected chi connectivity index (χ1v) is 9.03. The average molecular weight is 308 g/mol. The third-order valence-electron chi connectivity index (χ3n) is 3.52. The van der Waals surface area contributed by atoms with Crippen molar-refractivity contribution in [3.8, 4) is 0 Å². The fourth-order valence-electron chi connectivity index (χ4n) is 2.55. The first-order chi connectivity index (χ1) is 8.50. The van der Waals surface area contributed by atoms with Crippen LogP contribution in [0, 0.1) is 0 Å². The van der Waals surface area contributed by atoms with Crippen LogP contribution in [0.4, 0.5) is 0 Å². The molecule has 1 aliphatic rings. The molecule has 18 heavy (non-hydrogen) atoms. The third-order valence-corrected chi connectivity index (χ3v) is 7.10. The molecule has 6 heteroatoms. The van der Waals surface area contributed by atoms with Gasteiger partial charge in [0.15, 0.2) is 0 Å². The maximum Gasteiger partial charge on any atom is 0.244 e. The highest BCUT2D eigenvalue weighted by atomic mass is 35.5. The summed E-state index contributed by atoms with van der Waals surface area (Å²) < 4.78 is 27.0. The van der Waals surface area contributed by atoms with Crippen LogP contribution in [0.5, 0.6) is 0 Å². The van der Waals surface area contributed by atoms with E-state index in [2.05, 4.69) is 0 Å². The second kappa shape index (κ2) is 5.49. The molecule has 1 fully saturated rings. The Labute approximate surface area is 118 Å². The summed E-state index contributed by atoms with van der Waals surface area (Å²) in [5, 5.41) is 1.70. The van der Waals surface area contributed by atoms with Crippen LogP contribution in [-0.2, 0) is 15.9 Å². The highest BCUT2D eigenvalue weighted by molar-refractivity contribution is 7.89. The lowest BCUT2D eigenvalue weighted by Crippen LogP contribution is -2.39. The number of sulfonamides is 1. The molecule has 0 aliphatic carbocycles. The van der Waals surface area contributed by atoms with Crippen molar-refractivity contribution in [3.05, 3.63) is 16.3 Å². The second-order valence-electron chi connectivity index (χ2n) is 4.71. The summed E-state index contributed by atoms with van der Waals surface area (Å²) in [7, 11) is -3.35. The summed E-state index contributed by atoms with van der Waals surface area (Å²) in [5.74, 6) is 0.368. The van der Waals surface area contributed by atoms with Crippen molar-refractivity contribution in [3.63, 3.8) is 0 Å². The van der Waals surface area contributed by atoms with Gasteiger partial charge < -0.3 is 0 Å².